The maximum atomic E-state index is 11.8. The summed E-state index contributed by atoms with van der Waals surface area (Å²) in [6, 6.07) is 5.48. The van der Waals surface area contributed by atoms with Crippen LogP contribution in [0.3, 0.4) is 0 Å². The third kappa shape index (κ3) is 3.15. The van der Waals surface area contributed by atoms with Gasteiger partial charge in [-0.15, -0.1) is 0 Å². The van der Waals surface area contributed by atoms with Crippen LogP contribution in [0.4, 0.5) is 0 Å². The van der Waals surface area contributed by atoms with Crippen molar-refractivity contribution in [1.82, 2.24) is 4.90 Å². The standard InChI is InChI=1S/C20H29NO4/c1-19(2)11-20(13-23-3)12-21(10-17(19)20)9-15-8-14(18(22)25-5)6-7-16(15)24-4/h6-8,17H,9-13H2,1-5H3/t17-,20-/m1/s1. The van der Waals surface area contributed by atoms with E-state index in [0.29, 0.717) is 16.9 Å². The average molecular weight is 347 g/mol. The highest BCUT2D eigenvalue weighted by molar-refractivity contribution is 5.89. The van der Waals surface area contributed by atoms with E-state index in [1.165, 1.54) is 13.5 Å². The first kappa shape index (κ1) is 18.2. The fourth-order valence-electron chi connectivity index (χ4n) is 5.22. The van der Waals surface area contributed by atoms with Crippen LogP contribution < -0.4 is 4.74 Å². The summed E-state index contributed by atoms with van der Waals surface area (Å²) in [5.41, 5.74) is 2.22. The zero-order chi connectivity index (χ0) is 18.2. The zero-order valence-electron chi connectivity index (χ0n) is 15.9. The van der Waals surface area contributed by atoms with Crippen LogP contribution in [0.15, 0.2) is 18.2 Å². The second-order valence-electron chi connectivity index (χ2n) is 8.20. The van der Waals surface area contributed by atoms with E-state index in [1.807, 2.05) is 12.1 Å². The SMILES string of the molecule is COC[C@@]12CN(Cc3cc(C(=O)OC)ccc3OC)C[C@@H]1C(C)(C)C2. The number of hydrogen-bond donors (Lipinski definition) is 0. The van der Waals surface area contributed by atoms with Crippen LogP contribution in [0.2, 0.25) is 0 Å². The third-order valence-corrected chi connectivity index (χ3v) is 6.00. The first-order chi connectivity index (χ1) is 11.8. The number of ether oxygens (including phenoxy) is 3. The Bertz CT molecular complexity index is 657. The number of hydrogen-bond acceptors (Lipinski definition) is 5. The molecular formula is C20H29NO4. The van der Waals surface area contributed by atoms with E-state index in [9.17, 15) is 4.79 Å². The van der Waals surface area contributed by atoms with Crippen molar-refractivity contribution in [2.24, 2.45) is 16.7 Å². The first-order valence-electron chi connectivity index (χ1n) is 8.82. The van der Waals surface area contributed by atoms with Crippen LogP contribution in [0.25, 0.3) is 0 Å². The Kier molecular flexibility index (Phi) is 4.82. The molecule has 1 aromatic carbocycles. The summed E-state index contributed by atoms with van der Waals surface area (Å²) in [5.74, 6) is 1.14. The van der Waals surface area contributed by atoms with Gasteiger partial charge in [-0.1, -0.05) is 13.8 Å². The molecule has 0 bridgehead atoms. The summed E-state index contributed by atoms with van der Waals surface area (Å²) in [4.78, 5) is 14.3. The van der Waals surface area contributed by atoms with E-state index >= 15 is 0 Å². The summed E-state index contributed by atoms with van der Waals surface area (Å²) in [6.45, 7) is 8.38. The van der Waals surface area contributed by atoms with E-state index < -0.39 is 0 Å². The lowest BCUT2D eigenvalue weighted by molar-refractivity contribution is -0.107. The summed E-state index contributed by atoms with van der Waals surface area (Å²) in [7, 11) is 4.86. The number of fused-ring (bicyclic) bond motifs is 1. The molecule has 0 N–H and O–H groups in total. The number of methoxy groups -OCH3 is 3. The number of nitrogens with zero attached hydrogens (tertiary/aromatic N) is 1. The Hall–Kier alpha value is -1.59. The van der Waals surface area contributed by atoms with Gasteiger partial charge in [-0.3, -0.25) is 4.90 Å². The molecule has 5 heteroatoms. The Balaban J connectivity index is 1.80. The summed E-state index contributed by atoms with van der Waals surface area (Å²) in [6.07, 6.45) is 1.20. The van der Waals surface area contributed by atoms with Crippen molar-refractivity contribution >= 4 is 5.97 Å². The molecule has 0 radical (unpaired) electrons. The minimum absolute atomic E-state index is 0.269. The van der Waals surface area contributed by atoms with Gasteiger partial charge in [0.25, 0.3) is 0 Å². The normalized spacial score (nSPS) is 27.5. The van der Waals surface area contributed by atoms with Crippen molar-refractivity contribution in [2.45, 2.75) is 26.8 Å². The number of esters is 1. The van der Waals surface area contributed by atoms with Crippen molar-refractivity contribution in [1.29, 1.82) is 0 Å². The predicted molar refractivity (Wildman–Crippen MR) is 95.8 cm³/mol. The van der Waals surface area contributed by atoms with Crippen LogP contribution in [-0.2, 0) is 16.0 Å². The van der Waals surface area contributed by atoms with E-state index in [0.717, 1.165) is 37.6 Å². The Morgan fingerprint density at radius 3 is 2.64 bits per heavy atom. The van der Waals surface area contributed by atoms with Crippen molar-refractivity contribution in [2.75, 3.05) is 41.0 Å². The molecule has 1 aliphatic carbocycles. The van der Waals surface area contributed by atoms with Gasteiger partial charge in [-0.05, 0) is 36.0 Å². The molecule has 0 spiro atoms. The predicted octanol–water partition coefficient (Wildman–Crippen LogP) is 2.98. The Morgan fingerprint density at radius 2 is 2.04 bits per heavy atom. The van der Waals surface area contributed by atoms with E-state index in [1.54, 1.807) is 20.3 Å². The monoisotopic (exact) mass is 347 g/mol. The van der Waals surface area contributed by atoms with Crippen LogP contribution in [0.1, 0.15) is 36.2 Å². The first-order valence-corrected chi connectivity index (χ1v) is 8.82. The largest absolute Gasteiger partial charge is 0.496 e. The van der Waals surface area contributed by atoms with Crippen LogP contribution >= 0.6 is 0 Å². The van der Waals surface area contributed by atoms with E-state index in [2.05, 4.69) is 18.7 Å². The highest BCUT2D eigenvalue weighted by Gasteiger charge is 2.62. The number of carbonyl (C=O) groups excluding carboxylic acids is 1. The van der Waals surface area contributed by atoms with E-state index in [4.69, 9.17) is 14.2 Å². The second-order valence-corrected chi connectivity index (χ2v) is 8.20. The van der Waals surface area contributed by atoms with Gasteiger partial charge < -0.3 is 14.2 Å². The maximum absolute atomic E-state index is 11.8. The van der Waals surface area contributed by atoms with E-state index in [-0.39, 0.29) is 11.4 Å². The molecule has 25 heavy (non-hydrogen) atoms. The van der Waals surface area contributed by atoms with Gasteiger partial charge in [0.2, 0.25) is 0 Å². The van der Waals surface area contributed by atoms with Gasteiger partial charge in [0, 0.05) is 37.7 Å². The lowest BCUT2D eigenvalue weighted by atomic mass is 9.48. The molecule has 1 heterocycles. The summed E-state index contributed by atoms with van der Waals surface area (Å²) < 4.78 is 15.9. The highest BCUT2D eigenvalue weighted by Crippen LogP contribution is 2.62. The van der Waals surface area contributed by atoms with Gasteiger partial charge >= 0.3 is 5.97 Å². The molecule has 0 amide bonds. The molecule has 1 aliphatic heterocycles. The molecule has 2 aliphatic rings. The highest BCUT2D eigenvalue weighted by atomic mass is 16.5. The lowest BCUT2D eigenvalue weighted by Crippen LogP contribution is -2.55. The Labute approximate surface area is 150 Å². The molecule has 5 nitrogen and oxygen atoms in total. The summed E-state index contributed by atoms with van der Waals surface area (Å²) >= 11 is 0. The minimum Gasteiger partial charge on any atom is -0.496 e. The second kappa shape index (κ2) is 6.61. The quantitative estimate of drug-likeness (QED) is 0.741. The average Bonchev–Trinajstić information content (AvgIpc) is 2.88. The molecular weight excluding hydrogens is 318 g/mol. The number of likely N-dealkylation sites (tertiary alicyclic amines) is 1. The number of carbonyl (C=O) groups is 1. The molecule has 1 aromatic rings. The lowest BCUT2D eigenvalue weighted by Gasteiger charge is -2.56. The fraction of sp³-hybridized carbons (Fsp3) is 0.650. The molecule has 0 unspecified atom stereocenters. The molecule has 2 atom stereocenters. The van der Waals surface area contributed by atoms with Crippen LogP contribution in [0.5, 0.6) is 5.75 Å². The molecule has 3 rings (SSSR count). The fourth-order valence-corrected chi connectivity index (χ4v) is 5.22. The van der Waals surface area contributed by atoms with Gasteiger partial charge in [-0.2, -0.15) is 0 Å². The summed E-state index contributed by atoms with van der Waals surface area (Å²) in [5, 5.41) is 0. The molecule has 138 valence electrons. The molecule has 0 aromatic heterocycles. The molecule has 2 fully saturated rings. The van der Waals surface area contributed by atoms with Crippen LogP contribution in [-0.4, -0.2) is 51.9 Å². The number of rotatable bonds is 6. The van der Waals surface area contributed by atoms with Crippen molar-refractivity contribution < 1.29 is 19.0 Å². The van der Waals surface area contributed by atoms with Gasteiger partial charge in [0.15, 0.2) is 0 Å². The maximum Gasteiger partial charge on any atom is 0.337 e. The van der Waals surface area contributed by atoms with Gasteiger partial charge in [0.1, 0.15) is 5.75 Å². The van der Waals surface area contributed by atoms with Crippen molar-refractivity contribution in [3.63, 3.8) is 0 Å². The smallest absolute Gasteiger partial charge is 0.337 e. The zero-order valence-corrected chi connectivity index (χ0v) is 15.9. The molecule has 1 saturated heterocycles. The van der Waals surface area contributed by atoms with Crippen molar-refractivity contribution in [3.05, 3.63) is 29.3 Å². The number of benzene rings is 1. The third-order valence-electron chi connectivity index (χ3n) is 6.00. The topological polar surface area (TPSA) is 48.0 Å². The minimum atomic E-state index is -0.317. The van der Waals surface area contributed by atoms with Crippen molar-refractivity contribution in [3.8, 4) is 5.75 Å². The Morgan fingerprint density at radius 1 is 1.28 bits per heavy atom. The van der Waals surface area contributed by atoms with Crippen LogP contribution in [0, 0.1) is 16.7 Å². The molecule has 1 saturated carbocycles. The van der Waals surface area contributed by atoms with Gasteiger partial charge in [0.05, 0.1) is 26.4 Å². The van der Waals surface area contributed by atoms with Gasteiger partial charge in [-0.25, -0.2) is 4.79 Å².